The van der Waals surface area contributed by atoms with Crippen LogP contribution in [-0.4, -0.2) is 6.04 Å². The van der Waals surface area contributed by atoms with E-state index in [2.05, 4.69) is 19.9 Å². The van der Waals surface area contributed by atoms with E-state index < -0.39 is 0 Å². The van der Waals surface area contributed by atoms with E-state index in [4.69, 9.17) is 11.5 Å². The first-order valence-corrected chi connectivity index (χ1v) is 4.67. The van der Waals surface area contributed by atoms with Crippen molar-refractivity contribution in [3.8, 4) is 0 Å². The summed E-state index contributed by atoms with van der Waals surface area (Å²) in [5.41, 5.74) is 15.5. The van der Waals surface area contributed by atoms with Gasteiger partial charge < -0.3 is 11.5 Å². The second-order valence-corrected chi connectivity index (χ2v) is 4.41. The van der Waals surface area contributed by atoms with Gasteiger partial charge in [0, 0.05) is 17.1 Å². The Balaban J connectivity index is 2.63. The second-order valence-electron chi connectivity index (χ2n) is 4.41. The van der Waals surface area contributed by atoms with E-state index in [1.165, 1.54) is 11.1 Å². The van der Waals surface area contributed by atoms with Crippen molar-refractivity contribution in [2.24, 2.45) is 5.73 Å². The van der Waals surface area contributed by atoms with Crippen LogP contribution in [0.1, 0.15) is 25.0 Å². The molecule has 2 heteroatoms. The van der Waals surface area contributed by atoms with Gasteiger partial charge in [0.15, 0.2) is 0 Å². The number of hydrogen-bond donors (Lipinski definition) is 2. The van der Waals surface area contributed by atoms with Gasteiger partial charge in [-0.2, -0.15) is 0 Å². The zero-order chi connectivity index (χ0) is 9.64. The van der Waals surface area contributed by atoms with Crippen molar-refractivity contribution in [3.05, 3.63) is 29.3 Å². The Morgan fingerprint density at radius 1 is 1.38 bits per heavy atom. The Kier molecular flexibility index (Phi) is 1.64. The zero-order valence-electron chi connectivity index (χ0n) is 8.17. The summed E-state index contributed by atoms with van der Waals surface area (Å²) in [4.78, 5) is 0. The van der Waals surface area contributed by atoms with Crippen LogP contribution in [0.2, 0.25) is 0 Å². The molecule has 1 aromatic carbocycles. The Bertz CT molecular complexity index is 342. The van der Waals surface area contributed by atoms with Crippen LogP contribution in [0.3, 0.4) is 0 Å². The zero-order valence-corrected chi connectivity index (χ0v) is 8.17. The van der Waals surface area contributed by atoms with Crippen molar-refractivity contribution >= 4 is 5.69 Å². The summed E-state index contributed by atoms with van der Waals surface area (Å²) < 4.78 is 0. The second kappa shape index (κ2) is 2.48. The molecule has 0 saturated carbocycles. The average Bonchev–Trinajstić information content (AvgIpc) is 2.24. The fourth-order valence-electron chi connectivity index (χ4n) is 2.25. The van der Waals surface area contributed by atoms with Gasteiger partial charge in [0.05, 0.1) is 0 Å². The van der Waals surface area contributed by atoms with Gasteiger partial charge in [-0.25, -0.2) is 0 Å². The Hall–Kier alpha value is -1.02. The maximum absolute atomic E-state index is 6.08. The van der Waals surface area contributed by atoms with E-state index in [-0.39, 0.29) is 11.5 Å². The molecule has 2 nitrogen and oxygen atoms in total. The highest BCUT2D eigenvalue weighted by Gasteiger charge is 2.38. The summed E-state index contributed by atoms with van der Waals surface area (Å²) in [6, 6.07) is 6.29. The lowest BCUT2D eigenvalue weighted by molar-refractivity contribution is 0.446. The predicted octanol–water partition coefficient (Wildman–Crippen LogP) is 1.43. The third-order valence-corrected chi connectivity index (χ3v) is 3.19. The number of nitrogens with two attached hydrogens (primary N) is 2. The van der Waals surface area contributed by atoms with Crippen molar-refractivity contribution < 1.29 is 0 Å². The van der Waals surface area contributed by atoms with Crippen LogP contribution >= 0.6 is 0 Å². The van der Waals surface area contributed by atoms with E-state index >= 15 is 0 Å². The first-order valence-electron chi connectivity index (χ1n) is 4.67. The molecule has 1 unspecified atom stereocenters. The van der Waals surface area contributed by atoms with Crippen molar-refractivity contribution in [2.45, 2.75) is 31.7 Å². The maximum Gasteiger partial charge on any atom is 0.0355 e. The SMILES string of the molecule is CC1(C)c2c(N)cccc2CC1N. The molecule has 13 heavy (non-hydrogen) atoms. The average molecular weight is 176 g/mol. The summed E-state index contributed by atoms with van der Waals surface area (Å²) in [6.45, 7) is 4.33. The first-order chi connectivity index (χ1) is 6.03. The van der Waals surface area contributed by atoms with Crippen LogP contribution in [0, 0.1) is 0 Å². The highest BCUT2D eigenvalue weighted by molar-refractivity contribution is 5.58. The maximum atomic E-state index is 6.08. The Morgan fingerprint density at radius 2 is 2.08 bits per heavy atom. The highest BCUT2D eigenvalue weighted by atomic mass is 14.7. The highest BCUT2D eigenvalue weighted by Crippen LogP contribution is 2.40. The van der Waals surface area contributed by atoms with Gasteiger partial charge in [0.1, 0.15) is 0 Å². The molecule has 0 saturated heterocycles. The minimum Gasteiger partial charge on any atom is -0.398 e. The smallest absolute Gasteiger partial charge is 0.0355 e. The summed E-state index contributed by atoms with van der Waals surface area (Å²) in [6.07, 6.45) is 0.952. The van der Waals surface area contributed by atoms with Crippen LogP contribution in [-0.2, 0) is 11.8 Å². The van der Waals surface area contributed by atoms with Crippen molar-refractivity contribution in [3.63, 3.8) is 0 Å². The predicted molar refractivity (Wildman–Crippen MR) is 55.6 cm³/mol. The fourth-order valence-corrected chi connectivity index (χ4v) is 2.25. The van der Waals surface area contributed by atoms with Crippen molar-refractivity contribution in [1.29, 1.82) is 0 Å². The standard InChI is InChI=1S/C11H16N2/c1-11(2)9(13)6-7-4-3-5-8(12)10(7)11/h3-5,9H,6,12-13H2,1-2H3. The van der Waals surface area contributed by atoms with E-state index in [1.54, 1.807) is 0 Å². The Labute approximate surface area is 78.9 Å². The van der Waals surface area contributed by atoms with Crippen molar-refractivity contribution in [2.75, 3.05) is 5.73 Å². The summed E-state index contributed by atoms with van der Waals surface area (Å²) in [5, 5.41) is 0. The number of benzene rings is 1. The summed E-state index contributed by atoms with van der Waals surface area (Å²) >= 11 is 0. The third kappa shape index (κ3) is 1.05. The van der Waals surface area contributed by atoms with Gasteiger partial charge in [-0.15, -0.1) is 0 Å². The van der Waals surface area contributed by atoms with E-state index in [1.807, 2.05) is 12.1 Å². The lowest BCUT2D eigenvalue weighted by Crippen LogP contribution is -2.37. The molecule has 0 spiro atoms. The van der Waals surface area contributed by atoms with Gasteiger partial charge in [0.25, 0.3) is 0 Å². The molecule has 0 aliphatic heterocycles. The van der Waals surface area contributed by atoms with E-state index in [0.29, 0.717) is 0 Å². The molecule has 0 fully saturated rings. The molecule has 1 aliphatic rings. The van der Waals surface area contributed by atoms with Crippen LogP contribution < -0.4 is 11.5 Å². The Morgan fingerprint density at radius 3 is 2.69 bits per heavy atom. The molecule has 0 heterocycles. The molecule has 1 aliphatic carbocycles. The molecule has 70 valence electrons. The monoisotopic (exact) mass is 176 g/mol. The van der Waals surface area contributed by atoms with Gasteiger partial charge in [-0.1, -0.05) is 26.0 Å². The van der Waals surface area contributed by atoms with Crippen LogP contribution in [0.15, 0.2) is 18.2 Å². The van der Waals surface area contributed by atoms with E-state index in [0.717, 1.165) is 12.1 Å². The minimum absolute atomic E-state index is 0.0284. The van der Waals surface area contributed by atoms with Gasteiger partial charge in [0.2, 0.25) is 0 Å². The lowest BCUT2D eigenvalue weighted by Gasteiger charge is -2.25. The number of anilines is 1. The molecule has 0 amide bonds. The van der Waals surface area contributed by atoms with Crippen LogP contribution in [0.4, 0.5) is 5.69 Å². The molecule has 1 atom stereocenters. The first kappa shape index (κ1) is 8.57. The van der Waals surface area contributed by atoms with E-state index in [9.17, 15) is 0 Å². The minimum atomic E-state index is 0.0284. The van der Waals surface area contributed by atoms with Gasteiger partial charge in [-0.05, 0) is 23.6 Å². The summed E-state index contributed by atoms with van der Waals surface area (Å²) in [5.74, 6) is 0. The molecular formula is C11H16N2. The molecule has 0 radical (unpaired) electrons. The lowest BCUT2D eigenvalue weighted by atomic mass is 9.83. The fraction of sp³-hybridized carbons (Fsp3) is 0.455. The number of hydrogen-bond acceptors (Lipinski definition) is 2. The van der Waals surface area contributed by atoms with Gasteiger partial charge >= 0.3 is 0 Å². The number of nitrogen functional groups attached to an aromatic ring is 1. The van der Waals surface area contributed by atoms with Gasteiger partial charge in [-0.3, -0.25) is 0 Å². The number of rotatable bonds is 0. The normalized spacial score (nSPS) is 24.4. The topological polar surface area (TPSA) is 52.0 Å². The van der Waals surface area contributed by atoms with Crippen LogP contribution in [0.25, 0.3) is 0 Å². The van der Waals surface area contributed by atoms with Crippen molar-refractivity contribution in [1.82, 2.24) is 0 Å². The third-order valence-electron chi connectivity index (χ3n) is 3.19. The van der Waals surface area contributed by atoms with Crippen LogP contribution in [0.5, 0.6) is 0 Å². The number of fused-ring (bicyclic) bond motifs is 1. The molecule has 0 aromatic heterocycles. The molecular weight excluding hydrogens is 160 g/mol. The molecule has 4 N–H and O–H groups in total. The molecule has 2 rings (SSSR count). The summed E-state index contributed by atoms with van der Waals surface area (Å²) in [7, 11) is 0. The quantitative estimate of drug-likeness (QED) is 0.587. The largest absolute Gasteiger partial charge is 0.398 e. The molecule has 0 bridgehead atoms. The molecule has 1 aromatic rings.